The van der Waals surface area contributed by atoms with Gasteiger partial charge in [0.05, 0.1) is 10.9 Å². The van der Waals surface area contributed by atoms with Gasteiger partial charge in [0.1, 0.15) is 0 Å². The highest BCUT2D eigenvalue weighted by atomic mass is 32.2. The molecule has 0 aliphatic rings. The van der Waals surface area contributed by atoms with Crippen LogP contribution in [0.25, 0.3) is 5.78 Å². The van der Waals surface area contributed by atoms with Gasteiger partial charge in [0.15, 0.2) is 11.6 Å². The number of aromatic nitrogens is 5. The first kappa shape index (κ1) is 18.3. The van der Waals surface area contributed by atoms with Gasteiger partial charge in [-0.15, -0.1) is 5.10 Å². The van der Waals surface area contributed by atoms with Crippen molar-refractivity contribution in [3.05, 3.63) is 40.0 Å². The lowest BCUT2D eigenvalue weighted by atomic mass is 10.0. The van der Waals surface area contributed by atoms with Gasteiger partial charge >= 0.3 is 0 Å². The van der Waals surface area contributed by atoms with E-state index in [0.29, 0.717) is 27.8 Å². The van der Waals surface area contributed by atoms with Gasteiger partial charge in [-0.25, -0.2) is 9.50 Å². The molecular weight excluding hydrogens is 350 g/mol. The fraction of sp³-hybridized carbons (Fsp3) is 0.389. The predicted molar refractivity (Wildman–Crippen MR) is 100 cm³/mol. The second-order valence-electron chi connectivity index (χ2n) is 6.45. The molecule has 0 aromatic carbocycles. The summed E-state index contributed by atoms with van der Waals surface area (Å²) in [6, 6.07) is 1.93. The molecule has 0 amide bonds. The molecule has 3 aromatic heterocycles. The van der Waals surface area contributed by atoms with Crippen LogP contribution in [0.2, 0.25) is 0 Å². The van der Waals surface area contributed by atoms with Crippen LogP contribution in [0.1, 0.15) is 57.3 Å². The summed E-state index contributed by atoms with van der Waals surface area (Å²) in [6.45, 7) is 10.8. The maximum absolute atomic E-state index is 12.9. The van der Waals surface area contributed by atoms with Gasteiger partial charge in [-0.05, 0) is 53.2 Å². The molecule has 3 aromatic rings. The van der Waals surface area contributed by atoms with Gasteiger partial charge in [-0.1, -0.05) is 11.8 Å². The van der Waals surface area contributed by atoms with Crippen molar-refractivity contribution in [1.82, 2.24) is 24.6 Å². The summed E-state index contributed by atoms with van der Waals surface area (Å²) in [5, 5.41) is 4.53. The van der Waals surface area contributed by atoms with E-state index in [1.54, 1.807) is 18.4 Å². The number of hydrogen-bond donors (Lipinski definition) is 1. The number of H-pyrrole nitrogens is 1. The molecule has 0 aliphatic carbocycles. The number of ketones is 2. The van der Waals surface area contributed by atoms with E-state index >= 15 is 0 Å². The number of nitrogens with one attached hydrogen (secondary N) is 1. The van der Waals surface area contributed by atoms with E-state index in [0.717, 1.165) is 17.1 Å². The van der Waals surface area contributed by atoms with Gasteiger partial charge in [-0.3, -0.25) is 9.59 Å². The highest BCUT2D eigenvalue weighted by Gasteiger charge is 2.25. The minimum absolute atomic E-state index is 0.0467. The molecule has 136 valence electrons. The molecule has 0 spiro atoms. The normalized spacial score (nSPS) is 12.5. The van der Waals surface area contributed by atoms with E-state index in [4.69, 9.17) is 0 Å². The maximum atomic E-state index is 12.9. The summed E-state index contributed by atoms with van der Waals surface area (Å²) < 4.78 is 1.67. The van der Waals surface area contributed by atoms with Crippen molar-refractivity contribution >= 4 is 29.1 Å². The number of hydrogen-bond acceptors (Lipinski definition) is 6. The Bertz CT molecular complexity index is 1030. The number of aryl methyl sites for hydroxylation is 3. The molecule has 0 saturated carbocycles. The van der Waals surface area contributed by atoms with Crippen LogP contribution in [-0.2, 0) is 0 Å². The largest absolute Gasteiger partial charge is 0.355 e. The van der Waals surface area contributed by atoms with Crippen LogP contribution in [0.3, 0.4) is 0 Å². The van der Waals surface area contributed by atoms with Crippen LogP contribution in [-0.4, -0.2) is 41.4 Å². The van der Waals surface area contributed by atoms with Crippen molar-refractivity contribution in [3.8, 4) is 0 Å². The van der Waals surface area contributed by atoms with Crippen LogP contribution in [0.5, 0.6) is 0 Å². The van der Waals surface area contributed by atoms with E-state index in [2.05, 4.69) is 20.1 Å². The van der Waals surface area contributed by atoms with Crippen LogP contribution < -0.4 is 0 Å². The number of nitrogens with zero attached hydrogens (tertiary/aromatic N) is 4. The summed E-state index contributed by atoms with van der Waals surface area (Å²) in [6.07, 6.45) is 0. The fourth-order valence-electron chi connectivity index (χ4n) is 3.14. The SMILES string of the molecule is CC(=O)c1c(C)[nH]c(C(=O)[C@H](C)Sc2nc3nc(C)cc(C)n3n2)c1C. The Morgan fingerprint density at radius 1 is 1.19 bits per heavy atom. The second kappa shape index (κ2) is 6.68. The molecule has 7 nitrogen and oxygen atoms in total. The molecule has 0 fully saturated rings. The summed E-state index contributed by atoms with van der Waals surface area (Å²) in [5.74, 6) is 0.396. The minimum atomic E-state index is -0.398. The Labute approximate surface area is 155 Å². The summed E-state index contributed by atoms with van der Waals surface area (Å²) in [7, 11) is 0. The molecule has 3 rings (SSSR count). The van der Waals surface area contributed by atoms with Crippen molar-refractivity contribution in [2.45, 2.75) is 51.9 Å². The molecule has 8 heteroatoms. The molecule has 26 heavy (non-hydrogen) atoms. The number of fused-ring (bicyclic) bond motifs is 1. The standard InChI is InChI=1S/C18H21N5O2S/c1-8-7-9(2)23-17(19-8)21-18(22-23)26-13(6)16(25)15-10(3)14(12(5)24)11(4)20-15/h7,13,20H,1-6H3/t13-/m0/s1. The molecular formula is C18H21N5O2S. The number of Topliss-reactive ketones (excluding diaryl/α,β-unsaturated/α-hetero) is 2. The van der Waals surface area contributed by atoms with Crippen molar-refractivity contribution < 1.29 is 9.59 Å². The Hall–Kier alpha value is -2.48. The highest BCUT2D eigenvalue weighted by molar-refractivity contribution is 8.00. The quantitative estimate of drug-likeness (QED) is 0.547. The van der Waals surface area contributed by atoms with Crippen molar-refractivity contribution in [2.24, 2.45) is 0 Å². The third-order valence-corrected chi connectivity index (χ3v) is 5.24. The summed E-state index contributed by atoms with van der Waals surface area (Å²) in [4.78, 5) is 36.5. The number of rotatable bonds is 5. The first-order valence-electron chi connectivity index (χ1n) is 8.31. The molecule has 0 aliphatic heterocycles. The molecule has 3 heterocycles. The first-order valence-corrected chi connectivity index (χ1v) is 9.19. The molecule has 0 unspecified atom stereocenters. The Morgan fingerprint density at radius 3 is 2.50 bits per heavy atom. The summed E-state index contributed by atoms with van der Waals surface area (Å²) in [5.41, 5.74) is 4.29. The first-order chi connectivity index (χ1) is 12.2. The van der Waals surface area contributed by atoms with Crippen LogP contribution in [0, 0.1) is 27.7 Å². The van der Waals surface area contributed by atoms with Crippen LogP contribution >= 0.6 is 11.8 Å². The van der Waals surface area contributed by atoms with E-state index in [-0.39, 0.29) is 11.6 Å². The lowest BCUT2D eigenvalue weighted by Crippen LogP contribution is -2.15. The van der Waals surface area contributed by atoms with Gasteiger partial charge in [-0.2, -0.15) is 4.98 Å². The number of carbonyl (C=O) groups is 2. The van der Waals surface area contributed by atoms with Crippen LogP contribution in [0.15, 0.2) is 11.2 Å². The summed E-state index contributed by atoms with van der Waals surface area (Å²) >= 11 is 1.28. The number of thioether (sulfide) groups is 1. The van der Waals surface area contributed by atoms with Gasteiger partial charge in [0.2, 0.25) is 5.16 Å². The van der Waals surface area contributed by atoms with Crippen molar-refractivity contribution in [2.75, 3.05) is 0 Å². The van der Waals surface area contributed by atoms with Crippen LogP contribution in [0.4, 0.5) is 0 Å². The average molecular weight is 371 g/mol. The zero-order valence-electron chi connectivity index (χ0n) is 15.7. The van der Waals surface area contributed by atoms with Crippen molar-refractivity contribution in [1.29, 1.82) is 0 Å². The Kier molecular flexibility index (Phi) is 4.70. The smallest absolute Gasteiger partial charge is 0.253 e. The third-order valence-electron chi connectivity index (χ3n) is 4.29. The zero-order valence-corrected chi connectivity index (χ0v) is 16.5. The number of aromatic amines is 1. The molecule has 1 atom stereocenters. The molecule has 1 N–H and O–H groups in total. The van der Waals surface area contributed by atoms with Gasteiger partial charge in [0.25, 0.3) is 5.78 Å². The molecule has 0 saturated heterocycles. The molecule has 0 radical (unpaired) electrons. The lowest BCUT2D eigenvalue weighted by molar-refractivity contribution is 0.0988. The maximum Gasteiger partial charge on any atom is 0.253 e. The topological polar surface area (TPSA) is 93.0 Å². The minimum Gasteiger partial charge on any atom is -0.355 e. The van der Waals surface area contributed by atoms with E-state index in [1.165, 1.54) is 18.7 Å². The zero-order chi connectivity index (χ0) is 19.2. The number of carbonyl (C=O) groups excluding carboxylic acids is 2. The Morgan fingerprint density at radius 2 is 1.88 bits per heavy atom. The van der Waals surface area contributed by atoms with Gasteiger partial charge < -0.3 is 4.98 Å². The fourth-order valence-corrected chi connectivity index (χ4v) is 3.94. The van der Waals surface area contributed by atoms with E-state index in [9.17, 15) is 9.59 Å². The predicted octanol–water partition coefficient (Wildman–Crippen LogP) is 3.25. The van der Waals surface area contributed by atoms with E-state index in [1.807, 2.05) is 26.8 Å². The Balaban J connectivity index is 1.87. The highest BCUT2D eigenvalue weighted by Crippen LogP contribution is 2.26. The second-order valence-corrected chi connectivity index (χ2v) is 7.76. The monoisotopic (exact) mass is 371 g/mol. The van der Waals surface area contributed by atoms with Crippen molar-refractivity contribution in [3.63, 3.8) is 0 Å². The van der Waals surface area contributed by atoms with Gasteiger partial charge in [0, 0.05) is 22.6 Å². The third kappa shape index (κ3) is 3.16. The lowest BCUT2D eigenvalue weighted by Gasteiger charge is -2.07. The molecule has 0 bridgehead atoms. The average Bonchev–Trinajstić information content (AvgIpc) is 3.06. The van der Waals surface area contributed by atoms with E-state index < -0.39 is 5.25 Å².